The highest BCUT2D eigenvalue weighted by atomic mass is 79.9. The molecule has 1 aromatic rings. The van der Waals surface area contributed by atoms with E-state index in [1.165, 1.54) is 9.35 Å². The van der Waals surface area contributed by atoms with E-state index in [-0.39, 0.29) is 0 Å². The molecular formula is C10H17BrN2S. The Morgan fingerprint density at radius 3 is 2.93 bits per heavy atom. The largest absolute Gasteiger partial charge is 0.330 e. The van der Waals surface area contributed by atoms with Crippen LogP contribution in [0.1, 0.15) is 30.7 Å². The van der Waals surface area contributed by atoms with Crippen LogP contribution in [0.5, 0.6) is 0 Å². The first-order valence-corrected chi connectivity index (χ1v) is 6.59. The number of rotatable bonds is 6. The van der Waals surface area contributed by atoms with Gasteiger partial charge in [-0.15, -0.1) is 11.3 Å². The Kier molecular flexibility index (Phi) is 5.70. The molecule has 2 nitrogen and oxygen atoms in total. The van der Waals surface area contributed by atoms with E-state index in [2.05, 4.69) is 39.6 Å². The second-order valence-electron chi connectivity index (χ2n) is 3.30. The molecule has 1 unspecified atom stereocenters. The van der Waals surface area contributed by atoms with E-state index in [4.69, 9.17) is 5.73 Å². The molecule has 0 aromatic carbocycles. The van der Waals surface area contributed by atoms with Crippen LogP contribution in [0.15, 0.2) is 15.9 Å². The van der Waals surface area contributed by atoms with Gasteiger partial charge in [-0.3, -0.25) is 0 Å². The Bertz CT molecular complexity index is 262. The summed E-state index contributed by atoms with van der Waals surface area (Å²) in [6.45, 7) is 4.03. The van der Waals surface area contributed by atoms with Crippen molar-refractivity contribution in [1.29, 1.82) is 0 Å². The van der Waals surface area contributed by atoms with Crippen LogP contribution in [0.3, 0.4) is 0 Å². The first kappa shape index (κ1) is 12.2. The molecule has 80 valence electrons. The molecule has 1 rings (SSSR count). The molecule has 0 radical (unpaired) electrons. The van der Waals surface area contributed by atoms with Gasteiger partial charge in [0.25, 0.3) is 0 Å². The van der Waals surface area contributed by atoms with E-state index in [0.29, 0.717) is 6.04 Å². The fraction of sp³-hybridized carbons (Fsp3) is 0.600. The predicted molar refractivity (Wildman–Crippen MR) is 66.7 cm³/mol. The van der Waals surface area contributed by atoms with Crippen LogP contribution in [-0.2, 0) is 0 Å². The molecule has 0 aliphatic rings. The van der Waals surface area contributed by atoms with E-state index < -0.39 is 0 Å². The molecule has 1 aromatic heterocycles. The van der Waals surface area contributed by atoms with Crippen LogP contribution in [0.4, 0.5) is 0 Å². The minimum absolute atomic E-state index is 0.433. The smallest absolute Gasteiger partial charge is 0.0397 e. The minimum atomic E-state index is 0.433. The molecule has 0 saturated heterocycles. The second-order valence-corrected chi connectivity index (χ2v) is 5.11. The fourth-order valence-corrected chi connectivity index (χ4v) is 3.04. The summed E-state index contributed by atoms with van der Waals surface area (Å²) in [5.41, 5.74) is 5.43. The lowest BCUT2D eigenvalue weighted by atomic mass is 10.2. The summed E-state index contributed by atoms with van der Waals surface area (Å²) in [5.74, 6) is 0. The van der Waals surface area contributed by atoms with Gasteiger partial charge in [0.1, 0.15) is 0 Å². The number of halogens is 1. The van der Waals surface area contributed by atoms with Crippen molar-refractivity contribution >= 4 is 27.3 Å². The zero-order valence-electron chi connectivity index (χ0n) is 8.42. The molecule has 0 aliphatic carbocycles. The van der Waals surface area contributed by atoms with Gasteiger partial charge in [0, 0.05) is 15.4 Å². The van der Waals surface area contributed by atoms with E-state index in [1.807, 2.05) is 0 Å². The lowest BCUT2D eigenvalue weighted by Gasteiger charge is -2.12. The number of unbranched alkanes of at least 4 members (excludes halogenated alkanes) is 1. The Balaban J connectivity index is 2.28. The van der Waals surface area contributed by atoms with Crippen LogP contribution in [-0.4, -0.2) is 13.1 Å². The number of hydrogen-bond donors (Lipinski definition) is 2. The normalized spacial score (nSPS) is 13.1. The predicted octanol–water partition coefficient (Wildman–Crippen LogP) is 2.90. The number of nitrogens with two attached hydrogens (primary N) is 1. The van der Waals surface area contributed by atoms with Gasteiger partial charge in [0.2, 0.25) is 0 Å². The van der Waals surface area contributed by atoms with Gasteiger partial charge in [0.15, 0.2) is 0 Å². The molecule has 0 amide bonds. The lowest BCUT2D eigenvalue weighted by molar-refractivity contribution is 0.554. The molecule has 0 saturated carbocycles. The summed E-state index contributed by atoms with van der Waals surface area (Å²) in [6, 6.07) is 2.53. The van der Waals surface area contributed by atoms with E-state index >= 15 is 0 Å². The molecule has 3 N–H and O–H groups in total. The number of hydrogen-bond acceptors (Lipinski definition) is 3. The summed E-state index contributed by atoms with van der Waals surface area (Å²) in [6.07, 6.45) is 2.26. The van der Waals surface area contributed by atoms with Crippen LogP contribution < -0.4 is 11.1 Å². The summed E-state index contributed by atoms with van der Waals surface area (Å²) in [7, 11) is 0. The van der Waals surface area contributed by atoms with Gasteiger partial charge in [0.05, 0.1) is 0 Å². The topological polar surface area (TPSA) is 38.0 Å². The molecule has 0 aliphatic heterocycles. The quantitative estimate of drug-likeness (QED) is 0.785. The Morgan fingerprint density at radius 1 is 1.57 bits per heavy atom. The van der Waals surface area contributed by atoms with Crippen LogP contribution in [0.25, 0.3) is 0 Å². The van der Waals surface area contributed by atoms with Crippen molar-refractivity contribution in [3.63, 3.8) is 0 Å². The van der Waals surface area contributed by atoms with Gasteiger partial charge < -0.3 is 11.1 Å². The monoisotopic (exact) mass is 276 g/mol. The number of nitrogens with one attached hydrogen (secondary N) is 1. The lowest BCUT2D eigenvalue weighted by Crippen LogP contribution is -2.19. The van der Waals surface area contributed by atoms with Crippen molar-refractivity contribution in [3.05, 3.63) is 20.8 Å². The van der Waals surface area contributed by atoms with Crippen molar-refractivity contribution in [2.75, 3.05) is 13.1 Å². The van der Waals surface area contributed by atoms with Gasteiger partial charge in [-0.2, -0.15) is 0 Å². The molecular weight excluding hydrogens is 260 g/mol. The second kappa shape index (κ2) is 6.56. The van der Waals surface area contributed by atoms with E-state index in [0.717, 1.165) is 25.9 Å². The molecule has 4 heteroatoms. The van der Waals surface area contributed by atoms with E-state index in [9.17, 15) is 0 Å². The van der Waals surface area contributed by atoms with Gasteiger partial charge >= 0.3 is 0 Å². The minimum Gasteiger partial charge on any atom is -0.330 e. The van der Waals surface area contributed by atoms with Crippen LogP contribution in [0, 0.1) is 0 Å². The molecule has 0 fully saturated rings. The van der Waals surface area contributed by atoms with Crippen LogP contribution >= 0.6 is 27.3 Å². The fourth-order valence-electron chi connectivity index (χ4n) is 1.29. The summed E-state index contributed by atoms with van der Waals surface area (Å²) in [4.78, 5) is 1.37. The molecule has 1 atom stereocenters. The third-order valence-corrected chi connectivity index (χ3v) is 4.17. The van der Waals surface area contributed by atoms with Gasteiger partial charge in [-0.25, -0.2) is 0 Å². The third-order valence-electron chi connectivity index (χ3n) is 2.12. The molecule has 0 bridgehead atoms. The highest BCUT2D eigenvalue weighted by Crippen LogP contribution is 2.28. The van der Waals surface area contributed by atoms with Crippen LogP contribution in [0.2, 0.25) is 0 Å². The summed E-state index contributed by atoms with van der Waals surface area (Å²) < 4.78 is 1.21. The summed E-state index contributed by atoms with van der Waals surface area (Å²) >= 11 is 5.33. The number of thiophene rings is 1. The maximum absolute atomic E-state index is 5.43. The SMILES string of the molecule is CC(NCCCCN)c1sccc1Br. The highest BCUT2D eigenvalue weighted by Gasteiger charge is 2.09. The highest BCUT2D eigenvalue weighted by molar-refractivity contribution is 9.10. The molecule has 14 heavy (non-hydrogen) atoms. The van der Waals surface area contributed by atoms with Crippen molar-refractivity contribution in [2.45, 2.75) is 25.8 Å². The van der Waals surface area contributed by atoms with Gasteiger partial charge in [-0.05, 0) is 60.2 Å². The first-order valence-electron chi connectivity index (χ1n) is 4.92. The third kappa shape index (κ3) is 3.69. The Morgan fingerprint density at radius 2 is 2.36 bits per heavy atom. The average molecular weight is 277 g/mol. The maximum Gasteiger partial charge on any atom is 0.0397 e. The van der Waals surface area contributed by atoms with Crippen molar-refractivity contribution in [2.24, 2.45) is 5.73 Å². The summed E-state index contributed by atoms with van der Waals surface area (Å²) in [5, 5.41) is 5.59. The zero-order valence-corrected chi connectivity index (χ0v) is 10.8. The van der Waals surface area contributed by atoms with Crippen molar-refractivity contribution in [1.82, 2.24) is 5.32 Å². The first-order chi connectivity index (χ1) is 6.75. The van der Waals surface area contributed by atoms with E-state index in [1.54, 1.807) is 11.3 Å². The molecule has 0 spiro atoms. The standard InChI is InChI=1S/C10H17BrN2S/c1-8(13-6-3-2-5-12)10-9(11)4-7-14-10/h4,7-8,13H,2-3,5-6,12H2,1H3. The van der Waals surface area contributed by atoms with Crippen molar-refractivity contribution in [3.8, 4) is 0 Å². The Hall–Kier alpha value is 0.100. The van der Waals surface area contributed by atoms with Gasteiger partial charge in [-0.1, -0.05) is 0 Å². The Labute approximate surface area is 98.0 Å². The maximum atomic E-state index is 5.43. The van der Waals surface area contributed by atoms with Crippen molar-refractivity contribution < 1.29 is 0 Å². The zero-order chi connectivity index (χ0) is 10.4. The molecule has 1 heterocycles. The average Bonchev–Trinajstić information content (AvgIpc) is 2.59.